The smallest absolute Gasteiger partial charge is 0.252 e. The Balaban J connectivity index is 1.89. The highest BCUT2D eigenvalue weighted by molar-refractivity contribution is 7.13. The van der Waals surface area contributed by atoms with Crippen LogP contribution in [0.25, 0.3) is 21.3 Å². The van der Waals surface area contributed by atoms with Gasteiger partial charge in [-0.25, -0.2) is 0 Å². The molecular formula is C19H15N3O2S. The number of hydrogen-bond donors (Lipinski definition) is 2. The molecule has 5 nitrogen and oxygen atoms in total. The molecule has 0 bridgehead atoms. The minimum Gasteiger partial charge on any atom is -0.508 e. The van der Waals surface area contributed by atoms with Crippen molar-refractivity contribution in [3.63, 3.8) is 0 Å². The zero-order valence-corrected chi connectivity index (χ0v) is 14.2. The highest BCUT2D eigenvalue weighted by Gasteiger charge is 2.10. The summed E-state index contributed by atoms with van der Waals surface area (Å²) < 4.78 is 1.63. The number of fused-ring (bicyclic) bond motifs is 1. The first-order valence-electron chi connectivity index (χ1n) is 7.70. The van der Waals surface area contributed by atoms with Gasteiger partial charge in [0, 0.05) is 30.4 Å². The number of thiazole rings is 1. The Hall–Kier alpha value is -3.12. The van der Waals surface area contributed by atoms with Crippen LogP contribution in [0, 0.1) is 0 Å². The van der Waals surface area contributed by atoms with E-state index < -0.39 is 0 Å². The first kappa shape index (κ1) is 15.4. The fraction of sp³-hybridized carbons (Fsp3) is 0.0526. The van der Waals surface area contributed by atoms with Gasteiger partial charge in [0.1, 0.15) is 5.75 Å². The Morgan fingerprint density at radius 1 is 1.12 bits per heavy atom. The van der Waals surface area contributed by atoms with Crippen LogP contribution in [0.1, 0.15) is 0 Å². The third-order valence-corrected chi connectivity index (χ3v) is 4.93. The number of phenols is 1. The van der Waals surface area contributed by atoms with Crippen LogP contribution in [-0.2, 0) is 7.05 Å². The Kier molecular flexibility index (Phi) is 3.74. The largest absolute Gasteiger partial charge is 0.508 e. The van der Waals surface area contributed by atoms with Gasteiger partial charge >= 0.3 is 0 Å². The molecule has 0 unspecified atom stereocenters. The Morgan fingerprint density at radius 3 is 2.64 bits per heavy atom. The van der Waals surface area contributed by atoms with Crippen molar-refractivity contribution in [2.75, 3.05) is 5.32 Å². The van der Waals surface area contributed by atoms with E-state index >= 15 is 0 Å². The molecule has 124 valence electrons. The zero-order chi connectivity index (χ0) is 17.4. The summed E-state index contributed by atoms with van der Waals surface area (Å²) in [6.45, 7) is 0. The van der Waals surface area contributed by atoms with Crippen LogP contribution in [0.4, 0.5) is 11.4 Å². The number of benzene rings is 2. The quantitative estimate of drug-likeness (QED) is 0.546. The molecule has 0 saturated heterocycles. The van der Waals surface area contributed by atoms with Gasteiger partial charge in [-0.2, -0.15) is 0 Å². The fourth-order valence-electron chi connectivity index (χ4n) is 2.78. The predicted octanol–water partition coefficient (Wildman–Crippen LogP) is 4.11. The van der Waals surface area contributed by atoms with Crippen LogP contribution in [0.15, 0.2) is 65.0 Å². The summed E-state index contributed by atoms with van der Waals surface area (Å²) >= 11 is 1.58. The average molecular weight is 349 g/mol. The molecule has 0 saturated carbocycles. The molecule has 0 fully saturated rings. The molecule has 0 atom stereocenters. The lowest BCUT2D eigenvalue weighted by atomic mass is 10.1. The van der Waals surface area contributed by atoms with E-state index in [9.17, 15) is 9.90 Å². The lowest BCUT2D eigenvalue weighted by molar-refractivity contribution is 0.475. The molecule has 2 aromatic heterocycles. The second-order valence-electron chi connectivity index (χ2n) is 5.72. The standard InChI is InChI=1S/C19H15N3O2S/c1-22-17-7-2-12(18-10-20-11-25-18)8-15(17)16(9-19(22)24)21-13-3-5-14(23)6-4-13/h2-11,21,23H,1H3. The SMILES string of the molecule is Cn1c(=O)cc(Nc2ccc(O)cc2)c2cc(-c3cncs3)ccc21. The third kappa shape index (κ3) is 2.88. The molecule has 0 aliphatic heterocycles. The summed E-state index contributed by atoms with van der Waals surface area (Å²) in [7, 11) is 1.77. The van der Waals surface area contributed by atoms with Crippen LogP contribution in [0.5, 0.6) is 5.75 Å². The lowest BCUT2D eigenvalue weighted by Crippen LogP contribution is -2.16. The number of aryl methyl sites for hydroxylation is 1. The number of hydrogen-bond acceptors (Lipinski definition) is 5. The van der Waals surface area contributed by atoms with E-state index in [1.54, 1.807) is 58.8 Å². The number of aromatic nitrogens is 2. The van der Waals surface area contributed by atoms with Crippen LogP contribution < -0.4 is 10.9 Å². The maximum Gasteiger partial charge on any atom is 0.252 e. The van der Waals surface area contributed by atoms with Crippen molar-refractivity contribution in [3.8, 4) is 16.2 Å². The van der Waals surface area contributed by atoms with Gasteiger partial charge in [0.05, 0.1) is 21.6 Å². The van der Waals surface area contributed by atoms with E-state index in [2.05, 4.69) is 16.4 Å². The van der Waals surface area contributed by atoms with Crippen molar-refractivity contribution in [3.05, 3.63) is 70.6 Å². The molecule has 0 spiro atoms. The third-order valence-electron chi connectivity index (χ3n) is 4.11. The van der Waals surface area contributed by atoms with Gasteiger partial charge in [-0.05, 0) is 42.0 Å². The Labute approximate surface area is 147 Å². The summed E-state index contributed by atoms with van der Waals surface area (Å²) in [6.07, 6.45) is 1.83. The summed E-state index contributed by atoms with van der Waals surface area (Å²) in [5.74, 6) is 0.201. The van der Waals surface area contributed by atoms with E-state index in [0.29, 0.717) is 0 Å². The van der Waals surface area contributed by atoms with Crippen molar-refractivity contribution in [2.24, 2.45) is 7.05 Å². The van der Waals surface area contributed by atoms with Crippen molar-refractivity contribution >= 4 is 33.6 Å². The molecule has 6 heteroatoms. The fourth-order valence-corrected chi connectivity index (χ4v) is 3.40. The van der Waals surface area contributed by atoms with E-state index in [-0.39, 0.29) is 11.3 Å². The number of aromatic hydroxyl groups is 1. The van der Waals surface area contributed by atoms with Crippen molar-refractivity contribution < 1.29 is 5.11 Å². The molecule has 0 aliphatic carbocycles. The summed E-state index contributed by atoms with van der Waals surface area (Å²) in [4.78, 5) is 17.5. The highest BCUT2D eigenvalue weighted by atomic mass is 32.1. The first-order chi connectivity index (χ1) is 12.1. The van der Waals surface area contributed by atoms with Gasteiger partial charge in [-0.15, -0.1) is 11.3 Å². The average Bonchev–Trinajstić information content (AvgIpc) is 3.15. The number of pyridine rings is 1. The number of nitrogens with zero attached hydrogens (tertiary/aromatic N) is 2. The topological polar surface area (TPSA) is 67.2 Å². The zero-order valence-electron chi connectivity index (χ0n) is 13.4. The Bertz CT molecular complexity index is 1100. The molecule has 4 rings (SSSR count). The van der Waals surface area contributed by atoms with E-state index in [1.807, 2.05) is 18.3 Å². The van der Waals surface area contributed by atoms with Gasteiger partial charge in [0.25, 0.3) is 5.56 Å². The van der Waals surface area contributed by atoms with Gasteiger partial charge in [0.2, 0.25) is 0 Å². The number of anilines is 2. The Morgan fingerprint density at radius 2 is 1.92 bits per heavy atom. The molecule has 4 aromatic rings. The molecule has 0 radical (unpaired) electrons. The molecule has 2 aromatic carbocycles. The van der Waals surface area contributed by atoms with Crippen LogP contribution in [0.3, 0.4) is 0 Å². The van der Waals surface area contributed by atoms with E-state index in [0.717, 1.165) is 32.7 Å². The lowest BCUT2D eigenvalue weighted by Gasteiger charge is -2.13. The van der Waals surface area contributed by atoms with Crippen molar-refractivity contribution in [2.45, 2.75) is 0 Å². The second kappa shape index (κ2) is 6.07. The molecule has 0 aliphatic rings. The minimum absolute atomic E-state index is 0.0840. The summed E-state index contributed by atoms with van der Waals surface area (Å²) in [5.41, 5.74) is 5.16. The van der Waals surface area contributed by atoms with Crippen molar-refractivity contribution in [1.29, 1.82) is 0 Å². The van der Waals surface area contributed by atoms with E-state index in [1.165, 1.54) is 0 Å². The molecule has 25 heavy (non-hydrogen) atoms. The van der Waals surface area contributed by atoms with Gasteiger partial charge in [-0.1, -0.05) is 6.07 Å². The van der Waals surface area contributed by atoms with Gasteiger partial charge in [0.15, 0.2) is 0 Å². The van der Waals surface area contributed by atoms with Crippen molar-refractivity contribution in [1.82, 2.24) is 9.55 Å². The number of phenolic OH excluding ortho intramolecular Hbond substituents is 1. The minimum atomic E-state index is -0.0840. The summed E-state index contributed by atoms with van der Waals surface area (Å²) in [6, 6.07) is 14.4. The maximum atomic E-state index is 12.3. The molecule has 2 N–H and O–H groups in total. The maximum absolute atomic E-state index is 12.3. The second-order valence-corrected chi connectivity index (χ2v) is 6.61. The summed E-state index contributed by atoms with van der Waals surface area (Å²) in [5, 5.41) is 13.7. The van der Waals surface area contributed by atoms with Crippen LogP contribution >= 0.6 is 11.3 Å². The monoisotopic (exact) mass is 349 g/mol. The highest BCUT2D eigenvalue weighted by Crippen LogP contribution is 2.31. The number of nitrogens with one attached hydrogen (secondary N) is 1. The normalized spacial score (nSPS) is 10.9. The molecular weight excluding hydrogens is 334 g/mol. The first-order valence-corrected chi connectivity index (χ1v) is 8.58. The van der Waals surface area contributed by atoms with E-state index in [4.69, 9.17) is 0 Å². The van der Waals surface area contributed by atoms with Gasteiger partial charge < -0.3 is 15.0 Å². The molecule has 2 heterocycles. The van der Waals surface area contributed by atoms with Gasteiger partial charge in [-0.3, -0.25) is 9.78 Å². The van der Waals surface area contributed by atoms with Crippen LogP contribution in [-0.4, -0.2) is 14.7 Å². The number of rotatable bonds is 3. The van der Waals surface area contributed by atoms with Crippen LogP contribution in [0.2, 0.25) is 0 Å². The predicted molar refractivity (Wildman–Crippen MR) is 102 cm³/mol. The molecule has 0 amide bonds.